The van der Waals surface area contributed by atoms with E-state index in [1.807, 2.05) is 66.2 Å². The molecule has 31 heavy (non-hydrogen) atoms. The zero-order chi connectivity index (χ0) is 21.2. The maximum absolute atomic E-state index is 12.8. The van der Waals surface area contributed by atoms with Crippen molar-refractivity contribution in [2.24, 2.45) is 0 Å². The Morgan fingerprint density at radius 2 is 2.10 bits per heavy atom. The second-order valence-electron chi connectivity index (χ2n) is 6.87. The molecule has 0 spiro atoms. The van der Waals surface area contributed by atoms with Crippen molar-refractivity contribution in [3.63, 3.8) is 0 Å². The third kappa shape index (κ3) is 4.06. The van der Waals surface area contributed by atoms with Gasteiger partial charge in [0.1, 0.15) is 23.7 Å². The number of amides is 1. The van der Waals surface area contributed by atoms with Crippen LogP contribution in [0.3, 0.4) is 0 Å². The third-order valence-electron chi connectivity index (χ3n) is 4.64. The number of nitrogens with zero attached hydrogens (tertiary/aromatic N) is 3. The number of furan rings is 1. The van der Waals surface area contributed by atoms with E-state index in [0.717, 1.165) is 16.2 Å². The Balaban J connectivity index is 1.27. The van der Waals surface area contributed by atoms with Crippen LogP contribution in [-0.4, -0.2) is 20.3 Å². The number of fused-ring (bicyclic) bond motifs is 1. The number of carbonyl (C=O) groups is 1. The Hall–Kier alpha value is -3.91. The first-order valence-corrected chi connectivity index (χ1v) is 10.5. The number of hydrogen-bond donors (Lipinski definition) is 1. The molecule has 0 unspecified atom stereocenters. The summed E-state index contributed by atoms with van der Waals surface area (Å²) in [6.07, 6.45) is 5.46. The van der Waals surface area contributed by atoms with E-state index in [1.54, 1.807) is 18.4 Å². The molecule has 0 saturated heterocycles. The molecule has 0 aliphatic rings. The van der Waals surface area contributed by atoms with Crippen LogP contribution in [0.1, 0.15) is 21.1 Å². The minimum atomic E-state index is -0.274. The van der Waals surface area contributed by atoms with Gasteiger partial charge in [0.05, 0.1) is 12.0 Å². The van der Waals surface area contributed by atoms with Crippen molar-refractivity contribution < 1.29 is 13.9 Å². The molecule has 0 aliphatic heterocycles. The number of pyridine rings is 1. The minimum Gasteiger partial charge on any atom is -0.487 e. The van der Waals surface area contributed by atoms with Crippen molar-refractivity contribution in [1.82, 2.24) is 14.4 Å². The largest absolute Gasteiger partial charge is 0.487 e. The van der Waals surface area contributed by atoms with Crippen molar-refractivity contribution in [2.45, 2.75) is 13.5 Å². The monoisotopic (exact) mass is 430 g/mol. The molecule has 1 amide bonds. The van der Waals surface area contributed by atoms with Gasteiger partial charge >= 0.3 is 0 Å². The molecule has 7 nitrogen and oxygen atoms in total. The van der Waals surface area contributed by atoms with Gasteiger partial charge in [-0.3, -0.25) is 4.79 Å². The van der Waals surface area contributed by atoms with Gasteiger partial charge in [-0.05, 0) is 43.3 Å². The van der Waals surface area contributed by atoms with Crippen LogP contribution in [0.25, 0.3) is 16.4 Å². The molecule has 0 radical (unpaired) electrons. The Labute approximate surface area is 182 Å². The number of imidazole rings is 1. The zero-order valence-electron chi connectivity index (χ0n) is 16.6. The lowest BCUT2D eigenvalue weighted by Crippen LogP contribution is -2.13. The summed E-state index contributed by atoms with van der Waals surface area (Å²) in [5.74, 6) is 1.01. The number of rotatable bonds is 6. The summed E-state index contributed by atoms with van der Waals surface area (Å²) in [4.78, 5) is 22.5. The fourth-order valence-electron chi connectivity index (χ4n) is 3.18. The zero-order valence-corrected chi connectivity index (χ0v) is 17.4. The van der Waals surface area contributed by atoms with Gasteiger partial charge in [-0.2, -0.15) is 0 Å². The Morgan fingerprint density at radius 1 is 1.16 bits per heavy atom. The SMILES string of the molecule is Cc1sc(-c2ccco2)nc1C(=O)Nc1cccc(OCc2cn3ccccc3n2)c1. The first-order chi connectivity index (χ1) is 15.2. The molecule has 4 aromatic heterocycles. The Kier molecular flexibility index (Phi) is 4.97. The van der Waals surface area contributed by atoms with E-state index in [0.29, 0.717) is 34.5 Å². The number of benzene rings is 1. The number of hydrogen-bond acceptors (Lipinski definition) is 6. The number of nitrogens with one attached hydrogen (secondary N) is 1. The number of aromatic nitrogens is 3. The van der Waals surface area contributed by atoms with Crippen LogP contribution in [-0.2, 0) is 6.61 Å². The highest BCUT2D eigenvalue weighted by Gasteiger charge is 2.18. The lowest BCUT2D eigenvalue weighted by Gasteiger charge is -2.08. The standard InChI is InChI=1S/C23H18N4O3S/c1-15-21(26-23(31-15)19-8-5-11-29-19)22(28)25-16-6-4-7-18(12-16)30-14-17-13-27-10-3-2-9-20(27)24-17/h2-13H,14H2,1H3,(H,25,28). The van der Waals surface area contributed by atoms with Crippen LogP contribution in [0, 0.1) is 6.92 Å². The van der Waals surface area contributed by atoms with E-state index < -0.39 is 0 Å². The van der Waals surface area contributed by atoms with Gasteiger partial charge < -0.3 is 18.9 Å². The highest BCUT2D eigenvalue weighted by molar-refractivity contribution is 7.15. The van der Waals surface area contributed by atoms with Gasteiger partial charge in [-0.15, -0.1) is 11.3 Å². The van der Waals surface area contributed by atoms with Gasteiger partial charge in [0.15, 0.2) is 10.8 Å². The molecular formula is C23H18N4O3S. The molecule has 8 heteroatoms. The quantitative estimate of drug-likeness (QED) is 0.401. The topological polar surface area (TPSA) is 81.7 Å². The number of ether oxygens (including phenoxy) is 1. The highest BCUT2D eigenvalue weighted by atomic mass is 32.1. The predicted octanol–water partition coefficient (Wildman–Crippen LogP) is 5.19. The smallest absolute Gasteiger partial charge is 0.275 e. The van der Waals surface area contributed by atoms with E-state index in [9.17, 15) is 4.79 Å². The summed E-state index contributed by atoms with van der Waals surface area (Å²) in [6.45, 7) is 2.20. The number of aryl methyl sites for hydroxylation is 1. The third-order valence-corrected chi connectivity index (χ3v) is 5.62. The van der Waals surface area contributed by atoms with Gasteiger partial charge in [0, 0.05) is 29.0 Å². The first kappa shape index (κ1) is 19.1. The van der Waals surface area contributed by atoms with Crippen molar-refractivity contribution in [2.75, 3.05) is 5.32 Å². The maximum atomic E-state index is 12.8. The second kappa shape index (κ2) is 8.08. The molecule has 4 heterocycles. The predicted molar refractivity (Wildman–Crippen MR) is 118 cm³/mol. The maximum Gasteiger partial charge on any atom is 0.275 e. The number of carbonyl (C=O) groups excluding carboxylic acids is 1. The minimum absolute atomic E-state index is 0.274. The van der Waals surface area contributed by atoms with Crippen LogP contribution in [0.15, 0.2) is 77.7 Å². The fourth-order valence-corrected chi connectivity index (χ4v) is 4.06. The molecule has 0 saturated carbocycles. The van der Waals surface area contributed by atoms with Crippen LogP contribution < -0.4 is 10.1 Å². The molecule has 154 valence electrons. The summed E-state index contributed by atoms with van der Waals surface area (Å²) in [6, 6.07) is 16.7. The van der Waals surface area contributed by atoms with Gasteiger partial charge in [0.2, 0.25) is 0 Å². The lowest BCUT2D eigenvalue weighted by molar-refractivity contribution is 0.102. The Bertz CT molecular complexity index is 1320. The molecule has 0 bridgehead atoms. The summed E-state index contributed by atoms with van der Waals surface area (Å²) in [5, 5.41) is 3.57. The van der Waals surface area contributed by atoms with Gasteiger partial charge in [0.25, 0.3) is 5.91 Å². The molecular weight excluding hydrogens is 412 g/mol. The normalized spacial score (nSPS) is 11.0. The molecule has 0 aliphatic carbocycles. The molecule has 0 atom stereocenters. The summed E-state index contributed by atoms with van der Waals surface area (Å²) in [5.41, 5.74) is 2.70. The van der Waals surface area contributed by atoms with Gasteiger partial charge in [-0.25, -0.2) is 9.97 Å². The van der Waals surface area contributed by atoms with E-state index in [4.69, 9.17) is 9.15 Å². The summed E-state index contributed by atoms with van der Waals surface area (Å²) >= 11 is 1.42. The summed E-state index contributed by atoms with van der Waals surface area (Å²) in [7, 11) is 0. The number of thiazole rings is 1. The first-order valence-electron chi connectivity index (χ1n) is 9.64. The van der Waals surface area contributed by atoms with Crippen LogP contribution in [0.5, 0.6) is 5.75 Å². The van der Waals surface area contributed by atoms with Crippen molar-refractivity contribution in [3.8, 4) is 16.5 Å². The van der Waals surface area contributed by atoms with Crippen LogP contribution >= 0.6 is 11.3 Å². The Morgan fingerprint density at radius 3 is 2.94 bits per heavy atom. The molecule has 5 rings (SSSR count). The molecule has 1 N–H and O–H groups in total. The average molecular weight is 430 g/mol. The lowest BCUT2D eigenvalue weighted by atomic mass is 10.2. The van der Waals surface area contributed by atoms with Crippen molar-refractivity contribution >= 4 is 28.6 Å². The summed E-state index contributed by atoms with van der Waals surface area (Å²) < 4.78 is 13.2. The van der Waals surface area contributed by atoms with Crippen molar-refractivity contribution in [1.29, 1.82) is 0 Å². The number of anilines is 1. The second-order valence-corrected chi connectivity index (χ2v) is 8.07. The molecule has 0 fully saturated rings. The average Bonchev–Trinajstić information content (AvgIpc) is 3.51. The van der Waals surface area contributed by atoms with E-state index >= 15 is 0 Å². The highest BCUT2D eigenvalue weighted by Crippen LogP contribution is 2.28. The van der Waals surface area contributed by atoms with Crippen molar-refractivity contribution in [3.05, 3.63) is 89.5 Å². The van der Waals surface area contributed by atoms with E-state index in [2.05, 4.69) is 15.3 Å². The molecule has 5 aromatic rings. The van der Waals surface area contributed by atoms with Gasteiger partial charge in [-0.1, -0.05) is 12.1 Å². The van der Waals surface area contributed by atoms with E-state index in [-0.39, 0.29) is 5.91 Å². The molecule has 1 aromatic carbocycles. The van der Waals surface area contributed by atoms with Crippen LogP contribution in [0.2, 0.25) is 0 Å². The fraction of sp³-hybridized carbons (Fsp3) is 0.0870. The van der Waals surface area contributed by atoms with E-state index in [1.165, 1.54) is 11.3 Å². The van der Waals surface area contributed by atoms with Crippen LogP contribution in [0.4, 0.5) is 5.69 Å².